The molecule has 3 aromatic carbocycles. The second-order valence-electron chi connectivity index (χ2n) is 7.13. The Bertz CT molecular complexity index is 1100. The molecule has 1 aliphatic carbocycles. The predicted molar refractivity (Wildman–Crippen MR) is 104 cm³/mol. The Morgan fingerprint density at radius 2 is 1.38 bits per heavy atom. The van der Waals surface area contributed by atoms with E-state index in [-0.39, 0.29) is 22.5 Å². The normalized spacial score (nSPS) is 21.7. The highest BCUT2D eigenvalue weighted by Crippen LogP contribution is 2.53. The van der Waals surface area contributed by atoms with Crippen LogP contribution in [0.5, 0.6) is 0 Å². The van der Waals surface area contributed by atoms with Crippen molar-refractivity contribution in [3.05, 3.63) is 107 Å². The summed E-state index contributed by atoms with van der Waals surface area (Å²) in [6.07, 6.45) is 0. The zero-order valence-corrected chi connectivity index (χ0v) is 15.5. The number of benzene rings is 3. The van der Waals surface area contributed by atoms with E-state index < -0.39 is 29.0 Å². The van der Waals surface area contributed by atoms with Gasteiger partial charge in [0.25, 0.3) is 0 Å². The standard InChI is InChI=1S/C24H17F3O2/c1-14-23(28)21(15-7-9-18(25)10-8-15)22(16-5-3-2-4-6-16)24(14,29)17-11-19(26)13-20(27)12-17/h2-14,29H,1H3. The molecule has 0 fully saturated rings. The number of halogens is 3. The lowest BCUT2D eigenvalue weighted by atomic mass is 9.78. The third-order valence-electron chi connectivity index (χ3n) is 5.40. The maximum atomic E-state index is 14.0. The number of Topliss-reactive ketones (excluding diaryl/α,β-unsaturated/α-hetero) is 1. The fourth-order valence-corrected chi connectivity index (χ4v) is 3.98. The SMILES string of the molecule is CC1C(=O)C(c2ccc(F)cc2)=C(c2ccccc2)C1(O)c1cc(F)cc(F)c1. The molecule has 0 saturated heterocycles. The molecule has 0 radical (unpaired) electrons. The molecule has 2 unspecified atom stereocenters. The third kappa shape index (κ3) is 3.08. The summed E-state index contributed by atoms with van der Waals surface area (Å²) in [7, 11) is 0. The van der Waals surface area contributed by atoms with Crippen LogP contribution in [0.3, 0.4) is 0 Å². The van der Waals surface area contributed by atoms with Gasteiger partial charge in [-0.25, -0.2) is 13.2 Å². The van der Waals surface area contributed by atoms with Gasteiger partial charge < -0.3 is 5.11 Å². The number of carbonyl (C=O) groups is 1. The predicted octanol–water partition coefficient (Wildman–Crippen LogP) is 5.12. The highest BCUT2D eigenvalue weighted by atomic mass is 19.1. The average Bonchev–Trinajstić information content (AvgIpc) is 2.91. The molecule has 0 aromatic heterocycles. The first-order chi connectivity index (χ1) is 13.8. The van der Waals surface area contributed by atoms with Crippen molar-refractivity contribution >= 4 is 16.9 Å². The minimum Gasteiger partial charge on any atom is -0.380 e. The van der Waals surface area contributed by atoms with E-state index in [9.17, 15) is 23.1 Å². The molecule has 2 nitrogen and oxygen atoms in total. The number of aliphatic hydroxyl groups is 1. The fourth-order valence-electron chi connectivity index (χ4n) is 3.98. The first kappa shape index (κ1) is 19.2. The molecule has 1 aliphatic rings. The van der Waals surface area contributed by atoms with E-state index >= 15 is 0 Å². The van der Waals surface area contributed by atoms with Gasteiger partial charge in [0.05, 0.1) is 5.92 Å². The molecule has 0 amide bonds. The summed E-state index contributed by atoms with van der Waals surface area (Å²) in [6, 6.07) is 16.8. The van der Waals surface area contributed by atoms with Gasteiger partial charge in [0.1, 0.15) is 23.1 Å². The Kier molecular flexibility index (Phi) is 4.63. The zero-order chi connectivity index (χ0) is 20.8. The monoisotopic (exact) mass is 394 g/mol. The summed E-state index contributed by atoms with van der Waals surface area (Å²) >= 11 is 0. The number of ketones is 1. The molecule has 2 atom stereocenters. The lowest BCUT2D eigenvalue weighted by Gasteiger charge is -2.31. The lowest BCUT2D eigenvalue weighted by Crippen LogP contribution is -2.34. The second-order valence-corrected chi connectivity index (χ2v) is 7.13. The zero-order valence-electron chi connectivity index (χ0n) is 15.5. The molecular formula is C24H17F3O2. The first-order valence-electron chi connectivity index (χ1n) is 9.11. The Balaban J connectivity index is 2.06. The Hall–Kier alpha value is -3.18. The molecule has 0 heterocycles. The van der Waals surface area contributed by atoms with Crippen LogP contribution in [0.1, 0.15) is 23.6 Å². The number of hydrogen-bond donors (Lipinski definition) is 1. The number of rotatable bonds is 3. The minimum atomic E-state index is -1.95. The van der Waals surface area contributed by atoms with Crippen LogP contribution in [0, 0.1) is 23.4 Å². The van der Waals surface area contributed by atoms with Crippen molar-refractivity contribution in [2.75, 3.05) is 0 Å². The van der Waals surface area contributed by atoms with Crippen molar-refractivity contribution in [3.63, 3.8) is 0 Å². The first-order valence-corrected chi connectivity index (χ1v) is 9.11. The summed E-state index contributed by atoms with van der Waals surface area (Å²) in [6.45, 7) is 1.52. The number of carbonyl (C=O) groups excluding carboxylic acids is 1. The molecule has 4 rings (SSSR count). The summed E-state index contributed by atoms with van der Waals surface area (Å²) < 4.78 is 41.4. The van der Waals surface area contributed by atoms with E-state index in [1.165, 1.54) is 31.2 Å². The van der Waals surface area contributed by atoms with E-state index in [0.29, 0.717) is 17.2 Å². The van der Waals surface area contributed by atoms with E-state index in [4.69, 9.17) is 0 Å². The molecule has 5 heteroatoms. The van der Waals surface area contributed by atoms with Crippen molar-refractivity contribution in [3.8, 4) is 0 Å². The highest BCUT2D eigenvalue weighted by molar-refractivity contribution is 6.33. The van der Waals surface area contributed by atoms with Gasteiger partial charge in [0.2, 0.25) is 0 Å². The lowest BCUT2D eigenvalue weighted by molar-refractivity contribution is -0.121. The third-order valence-corrected chi connectivity index (χ3v) is 5.40. The van der Waals surface area contributed by atoms with E-state index in [2.05, 4.69) is 0 Å². The van der Waals surface area contributed by atoms with Crippen LogP contribution in [0.25, 0.3) is 11.1 Å². The average molecular weight is 394 g/mol. The van der Waals surface area contributed by atoms with Crippen LogP contribution >= 0.6 is 0 Å². The summed E-state index contributed by atoms with van der Waals surface area (Å²) in [4.78, 5) is 13.2. The molecule has 3 aromatic rings. The topological polar surface area (TPSA) is 37.3 Å². The molecule has 0 aliphatic heterocycles. The van der Waals surface area contributed by atoms with E-state index in [0.717, 1.165) is 12.1 Å². The molecule has 29 heavy (non-hydrogen) atoms. The van der Waals surface area contributed by atoms with Crippen LogP contribution in [0.15, 0.2) is 72.8 Å². The van der Waals surface area contributed by atoms with Crippen LogP contribution in [-0.4, -0.2) is 10.9 Å². The Morgan fingerprint density at radius 1 is 0.793 bits per heavy atom. The minimum absolute atomic E-state index is 0.0492. The van der Waals surface area contributed by atoms with Gasteiger partial charge in [-0.15, -0.1) is 0 Å². The summed E-state index contributed by atoms with van der Waals surface area (Å²) in [5.74, 6) is -3.55. The van der Waals surface area contributed by atoms with Crippen LogP contribution in [0.2, 0.25) is 0 Å². The number of allylic oxidation sites excluding steroid dienone is 1. The van der Waals surface area contributed by atoms with E-state index in [1.807, 2.05) is 0 Å². The maximum absolute atomic E-state index is 14.0. The molecule has 146 valence electrons. The van der Waals surface area contributed by atoms with Gasteiger partial charge in [-0.2, -0.15) is 0 Å². The largest absolute Gasteiger partial charge is 0.380 e. The smallest absolute Gasteiger partial charge is 0.170 e. The molecule has 1 N–H and O–H groups in total. The van der Waals surface area contributed by atoms with Gasteiger partial charge in [0.15, 0.2) is 5.78 Å². The summed E-state index contributed by atoms with van der Waals surface area (Å²) in [5, 5.41) is 11.8. The van der Waals surface area contributed by atoms with Gasteiger partial charge in [-0.1, -0.05) is 49.4 Å². The van der Waals surface area contributed by atoms with Crippen LogP contribution < -0.4 is 0 Å². The highest BCUT2D eigenvalue weighted by Gasteiger charge is 2.52. The quantitative estimate of drug-likeness (QED) is 0.669. The van der Waals surface area contributed by atoms with Crippen molar-refractivity contribution in [1.29, 1.82) is 0 Å². The van der Waals surface area contributed by atoms with Crippen molar-refractivity contribution < 1.29 is 23.1 Å². The van der Waals surface area contributed by atoms with Crippen molar-refractivity contribution in [2.45, 2.75) is 12.5 Å². The Labute approximate surface area is 165 Å². The van der Waals surface area contributed by atoms with E-state index in [1.54, 1.807) is 30.3 Å². The van der Waals surface area contributed by atoms with Gasteiger partial charge >= 0.3 is 0 Å². The fraction of sp³-hybridized carbons (Fsp3) is 0.125. The molecule has 0 bridgehead atoms. The second kappa shape index (κ2) is 7.01. The maximum Gasteiger partial charge on any atom is 0.170 e. The number of hydrogen-bond acceptors (Lipinski definition) is 2. The molecule has 0 spiro atoms. The van der Waals surface area contributed by atoms with Crippen molar-refractivity contribution in [2.24, 2.45) is 5.92 Å². The van der Waals surface area contributed by atoms with Gasteiger partial charge in [-0.05, 0) is 41.0 Å². The van der Waals surface area contributed by atoms with Gasteiger partial charge in [-0.3, -0.25) is 4.79 Å². The Morgan fingerprint density at radius 3 is 1.97 bits per heavy atom. The van der Waals surface area contributed by atoms with Crippen molar-refractivity contribution in [1.82, 2.24) is 0 Å². The van der Waals surface area contributed by atoms with Crippen LogP contribution in [-0.2, 0) is 10.4 Å². The van der Waals surface area contributed by atoms with Crippen LogP contribution in [0.4, 0.5) is 13.2 Å². The van der Waals surface area contributed by atoms with Gasteiger partial charge in [0, 0.05) is 17.2 Å². The molecular weight excluding hydrogens is 377 g/mol. The summed E-state index contributed by atoms with van der Waals surface area (Å²) in [5.41, 5.74) is -0.591. The molecule has 0 saturated carbocycles.